The Balaban J connectivity index is 2.62. The molecule has 0 fully saturated rings. The Labute approximate surface area is 114 Å². The zero-order valence-electron chi connectivity index (χ0n) is 11.8. The van der Waals surface area contributed by atoms with Crippen molar-refractivity contribution in [3.8, 4) is 5.75 Å². The fourth-order valence-corrected chi connectivity index (χ4v) is 1.80. The summed E-state index contributed by atoms with van der Waals surface area (Å²) in [6.07, 6.45) is 4.26. The molecule has 1 atom stereocenters. The topological polar surface area (TPSA) is 77.2 Å². The lowest BCUT2D eigenvalue weighted by molar-refractivity contribution is -0.129. The smallest absolute Gasteiger partial charge is 0.261 e. The van der Waals surface area contributed by atoms with E-state index in [0.717, 1.165) is 12.8 Å². The fraction of sp³-hybridized carbons (Fsp3) is 0.571. The molecule has 1 rings (SSSR count). The third-order valence-electron chi connectivity index (χ3n) is 3.45. The molecule has 5 heteroatoms. The van der Waals surface area contributed by atoms with E-state index in [9.17, 15) is 4.79 Å². The van der Waals surface area contributed by atoms with E-state index in [1.165, 1.54) is 0 Å². The maximum atomic E-state index is 12.1. The molecule has 0 saturated heterocycles. The minimum atomic E-state index is -0.576. The van der Waals surface area contributed by atoms with Gasteiger partial charge in [0, 0.05) is 12.7 Å². The highest BCUT2D eigenvalue weighted by atomic mass is 16.5. The van der Waals surface area contributed by atoms with Crippen molar-refractivity contribution < 1.29 is 9.53 Å². The van der Waals surface area contributed by atoms with Crippen molar-refractivity contribution in [3.05, 3.63) is 24.5 Å². The number of carbonyl (C=O) groups is 1. The van der Waals surface area contributed by atoms with Crippen LogP contribution in [0.3, 0.4) is 0 Å². The zero-order chi connectivity index (χ0) is 14.3. The third-order valence-corrected chi connectivity index (χ3v) is 3.45. The minimum absolute atomic E-state index is 0.155. The molecule has 1 amide bonds. The van der Waals surface area contributed by atoms with Crippen LogP contribution in [-0.4, -0.2) is 29.1 Å². The van der Waals surface area contributed by atoms with Gasteiger partial charge in [-0.2, -0.15) is 0 Å². The third kappa shape index (κ3) is 4.21. The monoisotopic (exact) mass is 265 g/mol. The maximum absolute atomic E-state index is 12.1. The van der Waals surface area contributed by atoms with Gasteiger partial charge in [0.2, 0.25) is 0 Å². The highest BCUT2D eigenvalue weighted by molar-refractivity contribution is 5.81. The van der Waals surface area contributed by atoms with Gasteiger partial charge in [-0.15, -0.1) is 0 Å². The predicted molar refractivity (Wildman–Crippen MR) is 74.8 cm³/mol. The lowest BCUT2D eigenvalue weighted by Gasteiger charge is -2.32. The molecule has 106 valence electrons. The summed E-state index contributed by atoms with van der Waals surface area (Å²) < 4.78 is 5.54. The second-order valence-corrected chi connectivity index (χ2v) is 4.63. The van der Waals surface area contributed by atoms with E-state index >= 15 is 0 Å². The van der Waals surface area contributed by atoms with Gasteiger partial charge in [0.15, 0.2) is 6.10 Å². The molecule has 0 radical (unpaired) electrons. The van der Waals surface area contributed by atoms with Crippen LogP contribution in [0.15, 0.2) is 24.5 Å². The summed E-state index contributed by atoms with van der Waals surface area (Å²) >= 11 is 0. The molecule has 0 spiro atoms. The van der Waals surface area contributed by atoms with E-state index in [-0.39, 0.29) is 11.4 Å². The molecule has 0 aromatic carbocycles. The van der Waals surface area contributed by atoms with Crippen molar-refractivity contribution in [3.63, 3.8) is 0 Å². The van der Waals surface area contributed by atoms with Gasteiger partial charge < -0.3 is 15.8 Å². The lowest BCUT2D eigenvalue weighted by Crippen LogP contribution is -2.55. The van der Waals surface area contributed by atoms with Crippen LogP contribution in [0.25, 0.3) is 0 Å². The van der Waals surface area contributed by atoms with Crippen molar-refractivity contribution in [2.75, 3.05) is 6.54 Å². The quantitative estimate of drug-likeness (QED) is 0.783. The average Bonchev–Trinajstić information content (AvgIpc) is 2.45. The number of hydrogen-bond acceptors (Lipinski definition) is 4. The standard InChI is InChI=1S/C14H23N3O2/c1-4-14(5-2,10-15)17-13(18)11(3)19-12-7-6-8-16-9-12/h6-9,11H,4-5,10,15H2,1-3H3,(H,17,18). The number of nitrogens with one attached hydrogen (secondary N) is 1. The molecule has 1 aromatic rings. The molecule has 0 aliphatic heterocycles. The van der Waals surface area contributed by atoms with Crippen molar-refractivity contribution in [2.45, 2.75) is 45.3 Å². The maximum Gasteiger partial charge on any atom is 0.261 e. The first-order valence-electron chi connectivity index (χ1n) is 6.65. The predicted octanol–water partition coefficient (Wildman–Crippen LogP) is 1.48. The van der Waals surface area contributed by atoms with E-state index in [4.69, 9.17) is 10.5 Å². The summed E-state index contributed by atoms with van der Waals surface area (Å²) in [5.41, 5.74) is 5.42. The highest BCUT2D eigenvalue weighted by Gasteiger charge is 2.28. The van der Waals surface area contributed by atoms with Crippen LogP contribution in [0, 0.1) is 0 Å². The molecule has 0 aliphatic rings. The zero-order valence-corrected chi connectivity index (χ0v) is 11.8. The molecular weight excluding hydrogens is 242 g/mol. The number of rotatable bonds is 7. The van der Waals surface area contributed by atoms with Crippen LogP contribution in [0.2, 0.25) is 0 Å². The number of hydrogen-bond donors (Lipinski definition) is 2. The van der Waals surface area contributed by atoms with Crippen LogP contribution in [0.4, 0.5) is 0 Å². The first-order valence-corrected chi connectivity index (χ1v) is 6.65. The molecular formula is C14H23N3O2. The van der Waals surface area contributed by atoms with Crippen LogP contribution in [-0.2, 0) is 4.79 Å². The number of amides is 1. The Morgan fingerprint density at radius 1 is 1.53 bits per heavy atom. The van der Waals surface area contributed by atoms with Gasteiger partial charge in [-0.05, 0) is 31.9 Å². The molecule has 5 nitrogen and oxygen atoms in total. The number of nitrogens with zero attached hydrogens (tertiary/aromatic N) is 1. The van der Waals surface area contributed by atoms with Crippen molar-refractivity contribution in [1.29, 1.82) is 0 Å². The summed E-state index contributed by atoms with van der Waals surface area (Å²) in [5.74, 6) is 0.425. The number of ether oxygens (including phenoxy) is 1. The average molecular weight is 265 g/mol. The fourth-order valence-electron chi connectivity index (χ4n) is 1.80. The Kier molecular flexibility index (Phi) is 5.76. The first kappa shape index (κ1) is 15.4. The summed E-state index contributed by atoms with van der Waals surface area (Å²) in [6.45, 7) is 6.17. The van der Waals surface area contributed by atoms with E-state index in [0.29, 0.717) is 12.3 Å². The molecule has 0 aliphatic carbocycles. The number of pyridine rings is 1. The highest BCUT2D eigenvalue weighted by Crippen LogP contribution is 2.15. The van der Waals surface area contributed by atoms with Crippen molar-refractivity contribution in [1.82, 2.24) is 10.3 Å². The number of aromatic nitrogens is 1. The first-order chi connectivity index (χ1) is 9.06. The van der Waals surface area contributed by atoms with E-state index in [1.54, 1.807) is 31.5 Å². The van der Waals surface area contributed by atoms with Crippen LogP contribution < -0.4 is 15.8 Å². The minimum Gasteiger partial charge on any atom is -0.479 e. The van der Waals surface area contributed by atoms with Crippen molar-refractivity contribution >= 4 is 5.91 Å². The van der Waals surface area contributed by atoms with Gasteiger partial charge in [-0.3, -0.25) is 9.78 Å². The van der Waals surface area contributed by atoms with Crippen LogP contribution >= 0.6 is 0 Å². The summed E-state index contributed by atoms with van der Waals surface area (Å²) in [6, 6.07) is 3.54. The molecule has 0 bridgehead atoms. The largest absolute Gasteiger partial charge is 0.479 e. The summed E-state index contributed by atoms with van der Waals surface area (Å²) in [5, 5.41) is 2.99. The summed E-state index contributed by atoms with van der Waals surface area (Å²) in [7, 11) is 0. The number of carbonyl (C=O) groups excluding carboxylic acids is 1. The van der Waals surface area contributed by atoms with E-state index in [1.807, 2.05) is 13.8 Å². The SMILES string of the molecule is CCC(CC)(CN)NC(=O)C(C)Oc1cccnc1. The van der Waals surface area contributed by atoms with Gasteiger partial charge >= 0.3 is 0 Å². The van der Waals surface area contributed by atoms with Gasteiger partial charge in [0.1, 0.15) is 5.75 Å². The summed E-state index contributed by atoms with van der Waals surface area (Å²) in [4.78, 5) is 16.1. The molecule has 1 unspecified atom stereocenters. The second-order valence-electron chi connectivity index (χ2n) is 4.63. The molecule has 1 heterocycles. The Hall–Kier alpha value is -1.62. The van der Waals surface area contributed by atoms with Crippen molar-refractivity contribution in [2.24, 2.45) is 5.73 Å². The Morgan fingerprint density at radius 3 is 2.68 bits per heavy atom. The second kappa shape index (κ2) is 7.09. The number of nitrogens with two attached hydrogens (primary N) is 1. The molecule has 0 saturated carbocycles. The Bertz CT molecular complexity index is 383. The lowest BCUT2D eigenvalue weighted by atomic mass is 9.92. The van der Waals surface area contributed by atoms with E-state index in [2.05, 4.69) is 10.3 Å². The molecule has 19 heavy (non-hydrogen) atoms. The molecule has 3 N–H and O–H groups in total. The normalized spacial score (nSPS) is 12.8. The molecule has 1 aromatic heterocycles. The Morgan fingerprint density at radius 2 is 2.21 bits per heavy atom. The van der Waals surface area contributed by atoms with Gasteiger partial charge in [0.05, 0.1) is 11.7 Å². The van der Waals surface area contributed by atoms with Gasteiger partial charge in [0.25, 0.3) is 5.91 Å². The van der Waals surface area contributed by atoms with Crippen LogP contribution in [0.5, 0.6) is 5.75 Å². The van der Waals surface area contributed by atoms with Gasteiger partial charge in [-0.25, -0.2) is 0 Å². The van der Waals surface area contributed by atoms with Gasteiger partial charge in [-0.1, -0.05) is 13.8 Å². The van der Waals surface area contributed by atoms with Crippen LogP contribution in [0.1, 0.15) is 33.6 Å². The van der Waals surface area contributed by atoms with E-state index < -0.39 is 6.10 Å².